The summed E-state index contributed by atoms with van der Waals surface area (Å²) in [6.45, 7) is 3.37. The molecule has 30 heavy (non-hydrogen) atoms. The van der Waals surface area contributed by atoms with E-state index in [2.05, 4.69) is 15.0 Å². The van der Waals surface area contributed by atoms with Crippen LogP contribution in [0.1, 0.15) is 46.4 Å². The number of aromatic nitrogens is 1. The number of hydrogen-bond donors (Lipinski definition) is 3. The molecular formula is C21H24N4O4S. The fourth-order valence-corrected chi connectivity index (χ4v) is 4.65. The highest BCUT2D eigenvalue weighted by atomic mass is 32.2. The van der Waals surface area contributed by atoms with Crippen LogP contribution in [0.5, 0.6) is 0 Å². The molecule has 0 unspecified atom stereocenters. The number of carbonyl (C=O) groups excluding carboxylic acids is 2. The quantitative estimate of drug-likeness (QED) is 0.649. The van der Waals surface area contributed by atoms with Gasteiger partial charge in [-0.25, -0.2) is 13.1 Å². The monoisotopic (exact) mass is 428 g/mol. The number of nitrogens with zero attached hydrogens (tertiary/aromatic N) is 1. The zero-order chi connectivity index (χ0) is 21.5. The Morgan fingerprint density at radius 2 is 1.93 bits per heavy atom. The Balaban J connectivity index is 1.70. The number of amides is 2. The van der Waals surface area contributed by atoms with E-state index in [1.54, 1.807) is 18.3 Å². The van der Waals surface area contributed by atoms with Gasteiger partial charge in [0, 0.05) is 36.2 Å². The molecule has 1 aromatic carbocycles. The van der Waals surface area contributed by atoms with Gasteiger partial charge < -0.3 is 15.2 Å². The van der Waals surface area contributed by atoms with Gasteiger partial charge in [0.1, 0.15) is 0 Å². The van der Waals surface area contributed by atoms with E-state index in [1.807, 2.05) is 11.8 Å². The Morgan fingerprint density at radius 1 is 1.20 bits per heavy atom. The van der Waals surface area contributed by atoms with Crippen LogP contribution in [-0.4, -0.2) is 50.3 Å². The Bertz CT molecular complexity index is 1160. The van der Waals surface area contributed by atoms with E-state index in [0.29, 0.717) is 28.1 Å². The number of aromatic amines is 1. The maximum Gasteiger partial charge on any atom is 0.256 e. The summed E-state index contributed by atoms with van der Waals surface area (Å²) < 4.78 is 26.6. The highest BCUT2D eigenvalue weighted by Crippen LogP contribution is 2.35. The zero-order valence-corrected chi connectivity index (χ0v) is 17.7. The number of carbonyl (C=O) groups is 2. The molecule has 3 heterocycles. The van der Waals surface area contributed by atoms with Gasteiger partial charge in [-0.1, -0.05) is 0 Å². The SMILES string of the molecule is CNS(=O)(=O)c1ccc2c(c1)C(=Cc1[nH]cc(C(=O)N3CCCCC3)c1C)C(=O)N2. The first-order valence-corrected chi connectivity index (χ1v) is 11.4. The molecule has 1 fully saturated rings. The second-order valence-electron chi connectivity index (χ2n) is 7.52. The van der Waals surface area contributed by atoms with Gasteiger partial charge in [0.05, 0.1) is 16.0 Å². The van der Waals surface area contributed by atoms with E-state index < -0.39 is 10.0 Å². The molecule has 0 aliphatic carbocycles. The topological polar surface area (TPSA) is 111 Å². The first kappa shape index (κ1) is 20.4. The first-order valence-electron chi connectivity index (χ1n) is 9.90. The predicted octanol–water partition coefficient (Wildman–Crippen LogP) is 2.35. The van der Waals surface area contributed by atoms with Gasteiger partial charge in [-0.05, 0) is 63.1 Å². The van der Waals surface area contributed by atoms with Crippen molar-refractivity contribution in [3.05, 3.63) is 46.8 Å². The van der Waals surface area contributed by atoms with E-state index in [0.717, 1.165) is 37.9 Å². The molecule has 0 saturated carbocycles. The standard InChI is InChI=1S/C21H24N4O4S/c1-13-17(21(27)25-8-4-3-5-9-25)12-23-19(13)11-16-15-10-14(30(28,29)22-2)6-7-18(15)24-20(16)26/h6-7,10-12,22-23H,3-5,8-9H2,1-2H3,(H,24,26). The van der Waals surface area contributed by atoms with Crippen LogP contribution in [0.2, 0.25) is 0 Å². The van der Waals surface area contributed by atoms with Crippen molar-refractivity contribution in [2.45, 2.75) is 31.1 Å². The molecule has 3 N–H and O–H groups in total. The minimum atomic E-state index is -3.64. The molecule has 2 aromatic rings. The molecule has 2 aliphatic rings. The smallest absolute Gasteiger partial charge is 0.256 e. The average Bonchev–Trinajstić information content (AvgIpc) is 3.27. The van der Waals surface area contributed by atoms with Crippen molar-refractivity contribution in [2.24, 2.45) is 0 Å². The summed E-state index contributed by atoms with van der Waals surface area (Å²) in [7, 11) is -2.30. The molecule has 2 amide bonds. The maximum atomic E-state index is 12.9. The molecule has 1 aromatic heterocycles. The molecule has 9 heteroatoms. The van der Waals surface area contributed by atoms with Gasteiger partial charge in [0.2, 0.25) is 10.0 Å². The van der Waals surface area contributed by atoms with Crippen LogP contribution in [0.3, 0.4) is 0 Å². The second-order valence-corrected chi connectivity index (χ2v) is 9.41. The van der Waals surface area contributed by atoms with Gasteiger partial charge in [0.25, 0.3) is 11.8 Å². The lowest BCUT2D eigenvalue weighted by molar-refractivity contribution is -0.110. The van der Waals surface area contributed by atoms with E-state index in [4.69, 9.17) is 0 Å². The summed E-state index contributed by atoms with van der Waals surface area (Å²) in [5.74, 6) is -0.325. The van der Waals surface area contributed by atoms with Gasteiger partial charge >= 0.3 is 0 Å². The van der Waals surface area contributed by atoms with Crippen LogP contribution in [0.15, 0.2) is 29.3 Å². The molecular weight excluding hydrogens is 404 g/mol. The number of anilines is 1. The number of nitrogens with one attached hydrogen (secondary N) is 3. The summed E-state index contributed by atoms with van der Waals surface area (Å²) >= 11 is 0. The van der Waals surface area contributed by atoms with Crippen molar-refractivity contribution in [3.8, 4) is 0 Å². The molecule has 0 spiro atoms. The highest BCUT2D eigenvalue weighted by molar-refractivity contribution is 7.89. The summed E-state index contributed by atoms with van der Waals surface area (Å²) in [6, 6.07) is 4.50. The molecule has 0 bridgehead atoms. The third kappa shape index (κ3) is 3.54. The lowest BCUT2D eigenvalue weighted by atomic mass is 10.0. The Kier molecular flexibility index (Phi) is 5.25. The van der Waals surface area contributed by atoms with E-state index >= 15 is 0 Å². The van der Waals surface area contributed by atoms with Crippen molar-refractivity contribution in [3.63, 3.8) is 0 Å². The Morgan fingerprint density at radius 3 is 2.63 bits per heavy atom. The lowest BCUT2D eigenvalue weighted by Gasteiger charge is -2.26. The van der Waals surface area contributed by atoms with Crippen LogP contribution in [-0.2, 0) is 14.8 Å². The third-order valence-corrected chi connectivity index (χ3v) is 7.11. The molecule has 1 saturated heterocycles. The number of hydrogen-bond acceptors (Lipinski definition) is 4. The molecule has 0 atom stereocenters. The van der Waals surface area contributed by atoms with Crippen LogP contribution < -0.4 is 10.0 Å². The fourth-order valence-electron chi connectivity index (χ4n) is 3.89. The number of benzene rings is 1. The fraction of sp³-hybridized carbons (Fsp3) is 0.333. The highest BCUT2D eigenvalue weighted by Gasteiger charge is 2.27. The number of rotatable bonds is 4. The van der Waals surface area contributed by atoms with Gasteiger partial charge in [-0.2, -0.15) is 0 Å². The largest absolute Gasteiger partial charge is 0.361 e. The average molecular weight is 429 g/mol. The minimum Gasteiger partial charge on any atom is -0.361 e. The van der Waals surface area contributed by atoms with E-state index in [9.17, 15) is 18.0 Å². The summed E-state index contributed by atoms with van der Waals surface area (Å²) in [5.41, 5.74) is 3.41. The number of likely N-dealkylation sites (tertiary alicyclic amines) is 1. The molecule has 158 valence electrons. The molecule has 0 radical (unpaired) electrons. The predicted molar refractivity (Wildman–Crippen MR) is 114 cm³/mol. The van der Waals surface area contributed by atoms with Crippen LogP contribution in [0.4, 0.5) is 5.69 Å². The van der Waals surface area contributed by atoms with Crippen molar-refractivity contribution < 1.29 is 18.0 Å². The lowest BCUT2D eigenvalue weighted by Crippen LogP contribution is -2.35. The van der Waals surface area contributed by atoms with Gasteiger partial charge in [-0.3, -0.25) is 9.59 Å². The summed E-state index contributed by atoms with van der Waals surface area (Å²) in [5, 5.41) is 2.75. The van der Waals surface area contributed by atoms with Gasteiger partial charge in [-0.15, -0.1) is 0 Å². The van der Waals surface area contributed by atoms with E-state index in [1.165, 1.54) is 19.2 Å². The zero-order valence-electron chi connectivity index (χ0n) is 16.9. The first-order chi connectivity index (χ1) is 14.3. The Hall–Kier alpha value is -2.91. The number of H-pyrrole nitrogens is 1. The van der Waals surface area contributed by atoms with Crippen molar-refractivity contribution in [1.82, 2.24) is 14.6 Å². The maximum absolute atomic E-state index is 12.9. The van der Waals surface area contributed by atoms with Crippen LogP contribution >= 0.6 is 0 Å². The van der Waals surface area contributed by atoms with Crippen molar-refractivity contribution >= 4 is 39.2 Å². The molecule has 8 nitrogen and oxygen atoms in total. The normalized spacial score (nSPS) is 17.9. The second kappa shape index (κ2) is 7.73. The van der Waals surface area contributed by atoms with Gasteiger partial charge in [0.15, 0.2) is 0 Å². The number of piperidine rings is 1. The Labute approximate surface area is 175 Å². The van der Waals surface area contributed by atoms with Crippen molar-refractivity contribution in [1.29, 1.82) is 0 Å². The van der Waals surface area contributed by atoms with Crippen LogP contribution in [0.25, 0.3) is 11.6 Å². The molecule has 4 rings (SSSR count). The van der Waals surface area contributed by atoms with E-state index in [-0.39, 0.29) is 16.7 Å². The third-order valence-electron chi connectivity index (χ3n) is 5.70. The summed E-state index contributed by atoms with van der Waals surface area (Å²) in [6.07, 6.45) is 6.52. The number of fused-ring (bicyclic) bond motifs is 1. The minimum absolute atomic E-state index is 0.00762. The van der Waals surface area contributed by atoms with Crippen molar-refractivity contribution in [2.75, 3.05) is 25.5 Å². The number of sulfonamides is 1. The van der Waals surface area contributed by atoms with Crippen LogP contribution in [0, 0.1) is 6.92 Å². The summed E-state index contributed by atoms with van der Waals surface area (Å²) in [4.78, 5) is 30.4. The molecule has 2 aliphatic heterocycles.